The number of nitrogens with zero attached hydrogens (tertiary/aromatic N) is 2. The second-order valence-electron chi connectivity index (χ2n) is 10.9. The monoisotopic (exact) mass is 597 g/mol. The molecule has 0 spiro atoms. The predicted octanol–water partition coefficient (Wildman–Crippen LogP) is 5.47. The molecule has 5 heterocycles. The average Bonchev–Trinajstić information content (AvgIpc) is 3.66. The summed E-state index contributed by atoms with van der Waals surface area (Å²) in [6, 6.07) is 14.8. The fourth-order valence-electron chi connectivity index (χ4n) is 5.91. The summed E-state index contributed by atoms with van der Waals surface area (Å²) in [5.74, 6) is 2.81. The van der Waals surface area contributed by atoms with E-state index in [9.17, 15) is 0 Å². The number of hydrogen-bond acceptors (Lipinski definition) is 9. The Morgan fingerprint density at radius 2 is 2.07 bits per heavy atom. The summed E-state index contributed by atoms with van der Waals surface area (Å²) < 4.78 is 5.45. The number of benzene rings is 2. The standard InChI is InChI=1S/C32H32ClN7OS/c1-3-20-13-34-31-25(30(20)36-19(2)21-7-5-4-6-8-21)11-22(12-27(31)33)37-32(28-14-35-39-38-28)26-18-42-29-15-40(10-9-24(26)29)23-16-41-17-23/h1,4-8,11-14,18-19,23,32,35,37-39H,9-10,15-17H2,2H3,(H,34,36)/t19-,32+/m1/s1. The number of hydrogen-bond donors (Lipinski definition) is 5. The first kappa shape index (κ1) is 27.1. The van der Waals surface area contributed by atoms with Gasteiger partial charge in [0.25, 0.3) is 0 Å². The highest BCUT2D eigenvalue weighted by Gasteiger charge is 2.33. The third-order valence-corrected chi connectivity index (χ3v) is 9.65. The molecule has 214 valence electrons. The number of pyridine rings is 1. The van der Waals surface area contributed by atoms with E-state index in [1.54, 1.807) is 6.20 Å². The van der Waals surface area contributed by atoms with Crippen LogP contribution in [-0.4, -0.2) is 35.7 Å². The van der Waals surface area contributed by atoms with Crippen LogP contribution in [0, 0.1) is 12.3 Å². The minimum atomic E-state index is -0.122. The molecule has 0 amide bonds. The maximum Gasteiger partial charge on any atom is 0.0955 e. The maximum atomic E-state index is 6.88. The number of ether oxygens (including phenoxy) is 1. The number of aromatic nitrogens is 1. The van der Waals surface area contributed by atoms with Crippen LogP contribution in [0.1, 0.15) is 46.1 Å². The fraction of sp³-hybridized carbons (Fsp3) is 0.281. The zero-order valence-corrected chi connectivity index (χ0v) is 24.8. The van der Waals surface area contributed by atoms with Crippen LogP contribution < -0.4 is 27.0 Å². The highest BCUT2D eigenvalue weighted by molar-refractivity contribution is 7.10. The van der Waals surface area contributed by atoms with Crippen molar-refractivity contribution in [3.05, 3.63) is 98.1 Å². The molecule has 0 saturated carbocycles. The molecule has 42 heavy (non-hydrogen) atoms. The van der Waals surface area contributed by atoms with Gasteiger partial charge in [-0.1, -0.05) is 47.9 Å². The van der Waals surface area contributed by atoms with E-state index in [2.05, 4.69) is 73.3 Å². The van der Waals surface area contributed by atoms with Crippen LogP contribution in [0.3, 0.4) is 0 Å². The third kappa shape index (κ3) is 5.06. The van der Waals surface area contributed by atoms with Gasteiger partial charge in [-0.25, -0.2) is 0 Å². The number of halogens is 1. The number of fused-ring (bicyclic) bond motifs is 2. The maximum absolute atomic E-state index is 6.88. The molecule has 3 aliphatic heterocycles. The Morgan fingerprint density at radius 3 is 2.81 bits per heavy atom. The molecule has 1 fully saturated rings. The molecule has 4 aromatic rings. The molecule has 2 aromatic carbocycles. The Labute approximate surface area is 254 Å². The minimum absolute atomic E-state index is 0.0282. The molecule has 10 heteroatoms. The number of terminal acetylenes is 1. The van der Waals surface area contributed by atoms with Crippen molar-refractivity contribution < 1.29 is 4.74 Å². The van der Waals surface area contributed by atoms with Gasteiger partial charge in [-0.15, -0.1) is 17.8 Å². The smallest absolute Gasteiger partial charge is 0.0955 e. The van der Waals surface area contributed by atoms with Gasteiger partial charge >= 0.3 is 0 Å². The predicted molar refractivity (Wildman–Crippen MR) is 170 cm³/mol. The van der Waals surface area contributed by atoms with Crippen LogP contribution in [0.15, 0.2) is 65.9 Å². The molecule has 0 unspecified atom stereocenters. The number of rotatable bonds is 8. The van der Waals surface area contributed by atoms with Crippen LogP contribution >= 0.6 is 22.9 Å². The van der Waals surface area contributed by atoms with Crippen molar-refractivity contribution in [2.24, 2.45) is 0 Å². The van der Waals surface area contributed by atoms with Crippen molar-refractivity contribution in [3.8, 4) is 12.3 Å². The second kappa shape index (κ2) is 11.5. The van der Waals surface area contributed by atoms with Crippen LogP contribution in [0.2, 0.25) is 5.02 Å². The quantitative estimate of drug-likeness (QED) is 0.171. The summed E-state index contributed by atoms with van der Waals surface area (Å²) in [5.41, 5.74) is 17.3. The lowest BCUT2D eigenvalue weighted by Gasteiger charge is -2.39. The van der Waals surface area contributed by atoms with Crippen molar-refractivity contribution in [1.29, 1.82) is 0 Å². The van der Waals surface area contributed by atoms with Crippen molar-refractivity contribution in [1.82, 2.24) is 26.3 Å². The van der Waals surface area contributed by atoms with Crippen LogP contribution in [-0.2, 0) is 17.7 Å². The lowest BCUT2D eigenvalue weighted by atomic mass is 9.95. The van der Waals surface area contributed by atoms with Crippen molar-refractivity contribution in [2.75, 3.05) is 30.4 Å². The van der Waals surface area contributed by atoms with E-state index in [0.29, 0.717) is 22.1 Å². The topological polar surface area (TPSA) is 85.5 Å². The zero-order valence-electron chi connectivity index (χ0n) is 23.2. The summed E-state index contributed by atoms with van der Waals surface area (Å²) in [7, 11) is 0. The molecule has 1 saturated heterocycles. The number of thiophene rings is 1. The van der Waals surface area contributed by atoms with E-state index in [1.165, 1.54) is 16.0 Å². The van der Waals surface area contributed by atoms with Gasteiger partial charge in [0.1, 0.15) is 0 Å². The molecular weight excluding hydrogens is 566 g/mol. The molecule has 3 aliphatic rings. The molecule has 8 nitrogen and oxygen atoms in total. The van der Waals surface area contributed by atoms with Crippen molar-refractivity contribution in [3.63, 3.8) is 0 Å². The molecule has 5 N–H and O–H groups in total. The van der Waals surface area contributed by atoms with E-state index in [0.717, 1.165) is 60.7 Å². The summed E-state index contributed by atoms with van der Waals surface area (Å²) in [5, 5.41) is 11.2. The van der Waals surface area contributed by atoms with Gasteiger partial charge in [-0.3, -0.25) is 9.88 Å². The Balaban J connectivity index is 1.25. The number of nitrogens with one attached hydrogen (secondary N) is 5. The number of anilines is 2. The largest absolute Gasteiger partial charge is 0.378 e. The van der Waals surface area contributed by atoms with Gasteiger partial charge in [0.15, 0.2) is 0 Å². The van der Waals surface area contributed by atoms with E-state index in [4.69, 9.17) is 22.8 Å². The SMILES string of the molecule is C#Cc1cnc2c(Cl)cc(N[C@H](C3=CNNN3)c3csc4c3CCN(C3COC3)C4)cc2c1N[C@H](C)c1ccccc1. The van der Waals surface area contributed by atoms with Gasteiger partial charge in [0, 0.05) is 47.5 Å². The van der Waals surface area contributed by atoms with Crippen LogP contribution in [0.5, 0.6) is 0 Å². The lowest BCUT2D eigenvalue weighted by molar-refractivity contribution is -0.0691. The first-order valence-corrected chi connectivity index (χ1v) is 15.4. The van der Waals surface area contributed by atoms with Crippen molar-refractivity contribution >= 4 is 45.2 Å². The first-order valence-electron chi connectivity index (χ1n) is 14.1. The van der Waals surface area contributed by atoms with E-state index < -0.39 is 0 Å². The lowest BCUT2D eigenvalue weighted by Crippen LogP contribution is -2.50. The van der Waals surface area contributed by atoms with Crippen LogP contribution in [0.4, 0.5) is 11.4 Å². The fourth-order valence-corrected chi connectivity index (χ4v) is 7.33. The van der Waals surface area contributed by atoms with Gasteiger partial charge in [0.05, 0.1) is 52.8 Å². The Morgan fingerprint density at radius 1 is 1.21 bits per heavy atom. The Hall–Kier alpha value is -3.78. The van der Waals surface area contributed by atoms with E-state index in [-0.39, 0.29) is 12.1 Å². The summed E-state index contributed by atoms with van der Waals surface area (Å²) in [6.45, 7) is 5.81. The van der Waals surface area contributed by atoms with Gasteiger partial charge in [0.2, 0.25) is 0 Å². The van der Waals surface area contributed by atoms with E-state index >= 15 is 0 Å². The average molecular weight is 598 g/mol. The number of hydrazine groups is 2. The molecule has 0 bridgehead atoms. The molecule has 2 atom stereocenters. The minimum Gasteiger partial charge on any atom is -0.378 e. The van der Waals surface area contributed by atoms with Gasteiger partial charge in [-0.05, 0) is 47.5 Å². The Bertz CT molecular complexity index is 1690. The summed E-state index contributed by atoms with van der Waals surface area (Å²) in [6.07, 6.45) is 10.6. The van der Waals surface area contributed by atoms with E-state index in [1.807, 2.05) is 41.8 Å². The van der Waals surface area contributed by atoms with Gasteiger partial charge in [-0.2, -0.15) is 5.53 Å². The zero-order chi connectivity index (χ0) is 28.6. The van der Waals surface area contributed by atoms with Gasteiger partial charge < -0.3 is 26.2 Å². The highest BCUT2D eigenvalue weighted by Crippen LogP contribution is 2.40. The van der Waals surface area contributed by atoms with Crippen LogP contribution in [0.25, 0.3) is 10.9 Å². The summed E-state index contributed by atoms with van der Waals surface area (Å²) in [4.78, 5) is 8.61. The molecule has 7 rings (SSSR count). The summed E-state index contributed by atoms with van der Waals surface area (Å²) >= 11 is 8.72. The molecule has 0 radical (unpaired) electrons. The highest BCUT2D eigenvalue weighted by atomic mass is 35.5. The molecule has 0 aliphatic carbocycles. The van der Waals surface area contributed by atoms with Crippen molar-refractivity contribution in [2.45, 2.75) is 38.0 Å². The molecule has 2 aromatic heterocycles. The second-order valence-corrected chi connectivity index (χ2v) is 12.3. The normalized spacial score (nSPS) is 18.2. The molecular formula is C32H32ClN7OS. The first-order chi connectivity index (χ1) is 20.6. The third-order valence-electron chi connectivity index (χ3n) is 8.33. The Kier molecular flexibility index (Phi) is 7.40.